The van der Waals surface area contributed by atoms with Gasteiger partial charge in [0.05, 0.1) is 5.75 Å². The van der Waals surface area contributed by atoms with Crippen molar-refractivity contribution in [2.45, 2.75) is 24.9 Å². The van der Waals surface area contributed by atoms with Gasteiger partial charge in [-0.15, -0.1) is 5.10 Å². The van der Waals surface area contributed by atoms with Crippen LogP contribution in [0.5, 0.6) is 0 Å². The van der Waals surface area contributed by atoms with Crippen LogP contribution < -0.4 is 0 Å². The molecule has 1 aliphatic rings. The lowest BCUT2D eigenvalue weighted by molar-refractivity contribution is -0.130. The van der Waals surface area contributed by atoms with Crippen LogP contribution in [-0.4, -0.2) is 44.8 Å². The average Bonchev–Trinajstić information content (AvgIpc) is 3.02. The van der Waals surface area contributed by atoms with Crippen LogP contribution in [-0.2, 0) is 4.79 Å². The fraction of sp³-hybridized carbons (Fsp3) is 0.438. The Morgan fingerprint density at radius 1 is 1.41 bits per heavy atom. The van der Waals surface area contributed by atoms with E-state index in [9.17, 15) is 4.79 Å². The molecular formula is C16H20N4OS. The number of nitrogens with zero attached hydrogens (tertiary/aromatic N) is 3. The van der Waals surface area contributed by atoms with E-state index in [0.29, 0.717) is 16.8 Å². The van der Waals surface area contributed by atoms with Crippen molar-refractivity contribution in [3.63, 3.8) is 0 Å². The van der Waals surface area contributed by atoms with Gasteiger partial charge in [0.2, 0.25) is 11.1 Å². The number of benzene rings is 1. The summed E-state index contributed by atoms with van der Waals surface area (Å²) in [5.41, 5.74) is 0.998. The van der Waals surface area contributed by atoms with Crippen molar-refractivity contribution in [2.75, 3.05) is 18.8 Å². The minimum absolute atomic E-state index is 0.183. The van der Waals surface area contributed by atoms with E-state index in [1.807, 2.05) is 35.2 Å². The molecule has 116 valence electrons. The summed E-state index contributed by atoms with van der Waals surface area (Å²) in [6, 6.07) is 9.86. The number of H-pyrrole nitrogens is 1. The van der Waals surface area contributed by atoms with E-state index in [4.69, 9.17) is 0 Å². The fourth-order valence-electron chi connectivity index (χ4n) is 2.67. The minimum atomic E-state index is 0.183. The summed E-state index contributed by atoms with van der Waals surface area (Å²) < 4.78 is 0. The third-order valence-corrected chi connectivity index (χ3v) is 4.68. The first kappa shape index (κ1) is 15.1. The van der Waals surface area contributed by atoms with Gasteiger partial charge in [0.1, 0.15) is 0 Å². The topological polar surface area (TPSA) is 61.9 Å². The lowest BCUT2D eigenvalue weighted by atomic mass is 10.0. The maximum Gasteiger partial charge on any atom is 0.233 e. The molecule has 1 fully saturated rings. The van der Waals surface area contributed by atoms with Crippen LogP contribution in [0.15, 0.2) is 35.5 Å². The molecule has 5 nitrogen and oxygen atoms in total. The maximum absolute atomic E-state index is 12.2. The van der Waals surface area contributed by atoms with E-state index in [0.717, 1.165) is 30.9 Å². The molecule has 1 aromatic heterocycles. The van der Waals surface area contributed by atoms with Gasteiger partial charge in [-0.2, -0.15) is 0 Å². The molecule has 0 saturated carbocycles. The third kappa shape index (κ3) is 3.68. The Bertz CT molecular complexity index is 628. The number of carbonyl (C=O) groups is 1. The van der Waals surface area contributed by atoms with E-state index in [2.05, 4.69) is 22.1 Å². The Balaban J connectivity index is 1.56. The van der Waals surface area contributed by atoms with E-state index in [-0.39, 0.29) is 5.91 Å². The van der Waals surface area contributed by atoms with Gasteiger partial charge < -0.3 is 4.90 Å². The second-order valence-electron chi connectivity index (χ2n) is 5.71. The van der Waals surface area contributed by atoms with E-state index >= 15 is 0 Å². The second kappa shape index (κ2) is 6.96. The Labute approximate surface area is 134 Å². The molecule has 2 heterocycles. The number of carbonyl (C=O) groups excluding carboxylic acids is 1. The van der Waals surface area contributed by atoms with Crippen LogP contribution in [0.4, 0.5) is 0 Å². The zero-order valence-electron chi connectivity index (χ0n) is 12.7. The molecule has 0 radical (unpaired) electrons. The maximum atomic E-state index is 12.2. The number of likely N-dealkylation sites (tertiary alicyclic amines) is 1. The zero-order chi connectivity index (χ0) is 15.4. The van der Waals surface area contributed by atoms with E-state index in [1.54, 1.807) is 0 Å². The van der Waals surface area contributed by atoms with Crippen molar-refractivity contribution >= 4 is 17.7 Å². The summed E-state index contributed by atoms with van der Waals surface area (Å²) in [5, 5.41) is 7.73. The molecule has 22 heavy (non-hydrogen) atoms. The molecule has 1 N–H and O–H groups in total. The second-order valence-corrected chi connectivity index (χ2v) is 6.65. The smallest absolute Gasteiger partial charge is 0.233 e. The molecule has 6 heteroatoms. The number of aromatic nitrogens is 3. The first-order valence-corrected chi connectivity index (χ1v) is 8.59. The highest BCUT2D eigenvalue weighted by atomic mass is 32.2. The SMILES string of the molecule is C[C@H]1CCCN(C(=O)CSc2n[nH]c(-c3ccccc3)n2)C1. The van der Waals surface area contributed by atoms with Crippen molar-refractivity contribution in [3.05, 3.63) is 30.3 Å². The summed E-state index contributed by atoms with van der Waals surface area (Å²) in [7, 11) is 0. The number of thioether (sulfide) groups is 1. The van der Waals surface area contributed by atoms with Crippen LogP contribution in [0.3, 0.4) is 0 Å². The molecule has 1 aliphatic heterocycles. The number of aromatic amines is 1. The van der Waals surface area contributed by atoms with Crippen LogP contribution in [0.25, 0.3) is 11.4 Å². The lowest BCUT2D eigenvalue weighted by Crippen LogP contribution is -2.40. The molecule has 1 atom stereocenters. The number of rotatable bonds is 4. The molecule has 1 aromatic carbocycles. The molecule has 2 aromatic rings. The van der Waals surface area contributed by atoms with E-state index in [1.165, 1.54) is 18.2 Å². The van der Waals surface area contributed by atoms with Gasteiger partial charge in [-0.05, 0) is 18.8 Å². The number of hydrogen-bond donors (Lipinski definition) is 1. The van der Waals surface area contributed by atoms with Crippen LogP contribution in [0, 0.1) is 5.92 Å². The fourth-order valence-corrected chi connectivity index (χ4v) is 3.37. The standard InChI is InChI=1S/C16H20N4OS/c1-12-6-5-9-20(10-12)14(21)11-22-16-17-15(18-19-16)13-7-3-2-4-8-13/h2-4,7-8,12H,5-6,9-11H2,1H3,(H,17,18,19)/t12-/m0/s1. The minimum Gasteiger partial charge on any atom is -0.342 e. The lowest BCUT2D eigenvalue weighted by Gasteiger charge is -2.30. The highest BCUT2D eigenvalue weighted by Gasteiger charge is 2.21. The van der Waals surface area contributed by atoms with Gasteiger partial charge in [-0.3, -0.25) is 9.89 Å². The van der Waals surface area contributed by atoms with Gasteiger partial charge in [0, 0.05) is 18.7 Å². The Morgan fingerprint density at radius 3 is 3.00 bits per heavy atom. The summed E-state index contributed by atoms with van der Waals surface area (Å²) >= 11 is 1.39. The molecule has 3 rings (SSSR count). The summed E-state index contributed by atoms with van der Waals surface area (Å²) in [6.07, 6.45) is 2.33. The van der Waals surface area contributed by atoms with Crippen LogP contribution in [0.1, 0.15) is 19.8 Å². The van der Waals surface area contributed by atoms with Crippen molar-refractivity contribution in [1.29, 1.82) is 0 Å². The van der Waals surface area contributed by atoms with Crippen molar-refractivity contribution in [1.82, 2.24) is 20.1 Å². The number of amides is 1. The number of hydrogen-bond acceptors (Lipinski definition) is 4. The molecule has 0 aliphatic carbocycles. The first-order valence-electron chi connectivity index (χ1n) is 7.61. The predicted octanol–water partition coefficient (Wildman–Crippen LogP) is 2.82. The van der Waals surface area contributed by atoms with Crippen molar-refractivity contribution in [3.8, 4) is 11.4 Å². The monoisotopic (exact) mass is 316 g/mol. The van der Waals surface area contributed by atoms with Gasteiger partial charge in [0.15, 0.2) is 5.82 Å². The van der Waals surface area contributed by atoms with Gasteiger partial charge in [-0.25, -0.2) is 4.98 Å². The van der Waals surface area contributed by atoms with Crippen LogP contribution >= 0.6 is 11.8 Å². The molecule has 0 spiro atoms. The van der Waals surface area contributed by atoms with Gasteiger partial charge in [-0.1, -0.05) is 49.0 Å². The van der Waals surface area contributed by atoms with E-state index < -0.39 is 0 Å². The molecule has 1 amide bonds. The van der Waals surface area contributed by atoms with Gasteiger partial charge >= 0.3 is 0 Å². The number of piperidine rings is 1. The van der Waals surface area contributed by atoms with Crippen molar-refractivity contribution in [2.24, 2.45) is 5.92 Å². The summed E-state index contributed by atoms with van der Waals surface area (Å²) in [6.45, 7) is 3.96. The Kier molecular flexibility index (Phi) is 4.77. The third-order valence-electron chi connectivity index (χ3n) is 3.85. The predicted molar refractivity (Wildman–Crippen MR) is 87.5 cm³/mol. The normalized spacial score (nSPS) is 18.4. The molecule has 0 unspecified atom stereocenters. The molecule has 0 bridgehead atoms. The van der Waals surface area contributed by atoms with Crippen molar-refractivity contribution < 1.29 is 4.79 Å². The van der Waals surface area contributed by atoms with Crippen LogP contribution in [0.2, 0.25) is 0 Å². The summed E-state index contributed by atoms with van der Waals surface area (Å²) in [4.78, 5) is 18.6. The molecular weight excluding hydrogens is 296 g/mol. The number of nitrogens with one attached hydrogen (secondary N) is 1. The Hall–Kier alpha value is -1.82. The average molecular weight is 316 g/mol. The highest BCUT2D eigenvalue weighted by molar-refractivity contribution is 7.99. The Morgan fingerprint density at radius 2 is 2.23 bits per heavy atom. The zero-order valence-corrected chi connectivity index (χ0v) is 13.5. The largest absolute Gasteiger partial charge is 0.342 e. The summed E-state index contributed by atoms with van der Waals surface area (Å²) in [5.74, 6) is 1.93. The molecule has 1 saturated heterocycles. The van der Waals surface area contributed by atoms with Gasteiger partial charge in [0.25, 0.3) is 0 Å². The quantitative estimate of drug-likeness (QED) is 0.881. The highest BCUT2D eigenvalue weighted by Crippen LogP contribution is 2.21. The first-order chi connectivity index (χ1) is 10.7.